The van der Waals surface area contributed by atoms with Crippen molar-refractivity contribution >= 4 is 35.1 Å². The smallest absolute Gasteiger partial charge is 0.315 e. The maximum Gasteiger partial charge on any atom is 0.325 e. The number of halogens is 2. The van der Waals surface area contributed by atoms with Crippen molar-refractivity contribution in [2.45, 2.75) is 12.1 Å². The fourth-order valence-corrected chi connectivity index (χ4v) is 4.01. The van der Waals surface area contributed by atoms with Crippen molar-refractivity contribution in [2.24, 2.45) is 0 Å². The van der Waals surface area contributed by atoms with Crippen LogP contribution in [0.2, 0.25) is 10.0 Å². The van der Waals surface area contributed by atoms with E-state index < -0.39 is 11.6 Å². The number of carbonyl (C=O) groups excluding carboxylic acids is 2. The Labute approximate surface area is 172 Å². The van der Waals surface area contributed by atoms with Gasteiger partial charge in [0.25, 0.3) is 5.91 Å². The Morgan fingerprint density at radius 1 is 0.750 bits per heavy atom. The van der Waals surface area contributed by atoms with Crippen molar-refractivity contribution in [2.75, 3.05) is 0 Å². The molecule has 3 aromatic rings. The predicted molar refractivity (Wildman–Crippen MR) is 109 cm³/mol. The predicted octanol–water partition coefficient (Wildman–Crippen LogP) is 4.99. The Morgan fingerprint density at radius 3 is 1.75 bits per heavy atom. The second-order valence-electron chi connectivity index (χ2n) is 6.50. The number of hydrogen-bond acceptors (Lipinski definition) is 2. The number of amides is 3. The summed E-state index contributed by atoms with van der Waals surface area (Å²) < 4.78 is 0. The minimum absolute atomic E-state index is 0.00933. The molecule has 0 aromatic heterocycles. The van der Waals surface area contributed by atoms with Crippen molar-refractivity contribution in [1.29, 1.82) is 0 Å². The number of carbonyl (C=O) groups is 2. The summed E-state index contributed by atoms with van der Waals surface area (Å²) in [5.74, 6) is -0.370. The highest BCUT2D eigenvalue weighted by molar-refractivity contribution is 6.36. The van der Waals surface area contributed by atoms with Crippen LogP contribution in [0.5, 0.6) is 0 Å². The normalized spacial score (nSPS) is 15.6. The molecule has 0 aliphatic carbocycles. The molecule has 28 heavy (non-hydrogen) atoms. The highest BCUT2D eigenvalue weighted by Crippen LogP contribution is 2.37. The number of hydrogen-bond donors (Lipinski definition) is 1. The SMILES string of the molecule is O=C1NC(c2ccccc2)(c2ccccc2)C(=O)N1Cc1c(Cl)cccc1Cl. The van der Waals surface area contributed by atoms with E-state index in [0.717, 1.165) is 4.90 Å². The van der Waals surface area contributed by atoms with Gasteiger partial charge in [0.1, 0.15) is 0 Å². The zero-order valence-electron chi connectivity index (χ0n) is 14.7. The Kier molecular flexibility index (Phi) is 4.84. The van der Waals surface area contributed by atoms with Crippen LogP contribution >= 0.6 is 23.2 Å². The van der Waals surface area contributed by atoms with Crippen molar-refractivity contribution in [3.8, 4) is 0 Å². The van der Waals surface area contributed by atoms with Gasteiger partial charge in [-0.2, -0.15) is 0 Å². The first-order valence-electron chi connectivity index (χ1n) is 8.72. The minimum atomic E-state index is -1.30. The molecule has 0 unspecified atom stereocenters. The summed E-state index contributed by atoms with van der Waals surface area (Å²) in [6, 6.07) is 23.0. The molecule has 1 N–H and O–H groups in total. The van der Waals surface area contributed by atoms with Gasteiger partial charge in [0.05, 0.1) is 6.54 Å². The van der Waals surface area contributed by atoms with E-state index in [1.165, 1.54) is 0 Å². The lowest BCUT2D eigenvalue weighted by Crippen LogP contribution is -2.45. The molecular weight excluding hydrogens is 395 g/mol. The summed E-state index contributed by atoms with van der Waals surface area (Å²) in [6.45, 7) is -0.00933. The molecule has 6 heteroatoms. The van der Waals surface area contributed by atoms with E-state index in [4.69, 9.17) is 23.2 Å². The van der Waals surface area contributed by atoms with Crippen LogP contribution in [0.3, 0.4) is 0 Å². The number of nitrogens with zero attached hydrogens (tertiary/aromatic N) is 1. The molecule has 0 atom stereocenters. The van der Waals surface area contributed by atoms with Gasteiger partial charge < -0.3 is 5.32 Å². The van der Waals surface area contributed by atoms with E-state index in [1.54, 1.807) is 18.2 Å². The van der Waals surface area contributed by atoms with Gasteiger partial charge in [-0.3, -0.25) is 9.69 Å². The van der Waals surface area contributed by atoms with E-state index in [-0.39, 0.29) is 12.5 Å². The number of nitrogens with one attached hydrogen (secondary N) is 1. The average Bonchev–Trinajstić information content (AvgIpc) is 2.97. The second kappa shape index (κ2) is 7.30. The molecule has 1 aliphatic heterocycles. The van der Waals surface area contributed by atoms with Crippen LogP contribution < -0.4 is 5.32 Å². The zero-order valence-corrected chi connectivity index (χ0v) is 16.2. The molecule has 1 aliphatic rings. The Hall–Kier alpha value is -2.82. The molecule has 4 rings (SSSR count). The van der Waals surface area contributed by atoms with Crippen LogP contribution in [0.15, 0.2) is 78.9 Å². The molecule has 1 heterocycles. The highest BCUT2D eigenvalue weighted by Gasteiger charge is 2.53. The lowest BCUT2D eigenvalue weighted by atomic mass is 9.82. The highest BCUT2D eigenvalue weighted by atomic mass is 35.5. The van der Waals surface area contributed by atoms with E-state index in [1.807, 2.05) is 60.7 Å². The molecule has 140 valence electrons. The van der Waals surface area contributed by atoms with Gasteiger partial charge >= 0.3 is 6.03 Å². The third-order valence-corrected chi connectivity index (χ3v) is 5.61. The topological polar surface area (TPSA) is 49.4 Å². The van der Waals surface area contributed by atoms with Crippen LogP contribution in [0.1, 0.15) is 16.7 Å². The largest absolute Gasteiger partial charge is 0.325 e. The van der Waals surface area contributed by atoms with Gasteiger partial charge in [0.15, 0.2) is 5.54 Å². The summed E-state index contributed by atoms with van der Waals surface area (Å²) in [5.41, 5.74) is 0.610. The van der Waals surface area contributed by atoms with Crippen LogP contribution in [0, 0.1) is 0 Å². The molecule has 0 radical (unpaired) electrons. The Morgan fingerprint density at radius 2 is 1.25 bits per heavy atom. The fourth-order valence-electron chi connectivity index (χ4n) is 3.50. The van der Waals surface area contributed by atoms with Crippen molar-refractivity contribution in [3.63, 3.8) is 0 Å². The van der Waals surface area contributed by atoms with E-state index in [0.29, 0.717) is 26.7 Å². The molecule has 0 saturated carbocycles. The lowest BCUT2D eigenvalue weighted by molar-refractivity contribution is -0.130. The number of benzene rings is 3. The first-order chi connectivity index (χ1) is 13.5. The standard InChI is InChI=1S/C22H16Cl2N2O2/c23-18-12-7-13-19(24)17(18)14-26-20(27)22(25-21(26)28,15-8-3-1-4-9-15)16-10-5-2-6-11-16/h1-13H,14H2,(H,25,28). The molecule has 3 amide bonds. The van der Waals surface area contributed by atoms with E-state index in [2.05, 4.69) is 5.32 Å². The fraction of sp³-hybridized carbons (Fsp3) is 0.0909. The average molecular weight is 411 g/mol. The summed E-state index contributed by atoms with van der Waals surface area (Å²) in [5, 5.41) is 3.73. The van der Waals surface area contributed by atoms with Crippen molar-refractivity contribution in [1.82, 2.24) is 10.2 Å². The van der Waals surface area contributed by atoms with Crippen molar-refractivity contribution in [3.05, 3.63) is 106 Å². The summed E-state index contributed by atoms with van der Waals surface area (Å²) in [7, 11) is 0. The quantitative estimate of drug-likeness (QED) is 0.615. The number of rotatable bonds is 4. The van der Waals surface area contributed by atoms with Gasteiger partial charge in [0.2, 0.25) is 0 Å². The maximum absolute atomic E-state index is 13.6. The molecule has 4 nitrogen and oxygen atoms in total. The van der Waals surface area contributed by atoms with Crippen LogP contribution in [0.4, 0.5) is 4.79 Å². The zero-order chi connectivity index (χ0) is 19.7. The molecule has 1 fully saturated rings. The van der Waals surface area contributed by atoms with Gasteiger partial charge in [-0.05, 0) is 23.3 Å². The third kappa shape index (κ3) is 2.95. The molecule has 3 aromatic carbocycles. The first kappa shape index (κ1) is 18.5. The lowest BCUT2D eigenvalue weighted by Gasteiger charge is -2.28. The summed E-state index contributed by atoms with van der Waals surface area (Å²) >= 11 is 12.5. The molecular formula is C22H16Cl2N2O2. The van der Waals surface area contributed by atoms with E-state index >= 15 is 0 Å². The van der Waals surface area contributed by atoms with Crippen LogP contribution in [-0.2, 0) is 16.9 Å². The summed E-state index contributed by atoms with van der Waals surface area (Å²) in [4.78, 5) is 27.7. The minimum Gasteiger partial charge on any atom is -0.315 e. The molecule has 0 spiro atoms. The number of urea groups is 1. The Bertz CT molecular complexity index is 979. The summed E-state index contributed by atoms with van der Waals surface area (Å²) in [6.07, 6.45) is 0. The maximum atomic E-state index is 13.6. The molecule has 0 bridgehead atoms. The monoisotopic (exact) mass is 410 g/mol. The van der Waals surface area contributed by atoms with Gasteiger partial charge in [-0.25, -0.2) is 4.79 Å². The second-order valence-corrected chi connectivity index (χ2v) is 7.32. The first-order valence-corrected chi connectivity index (χ1v) is 9.47. The van der Waals surface area contributed by atoms with Gasteiger partial charge in [0, 0.05) is 15.6 Å². The van der Waals surface area contributed by atoms with Gasteiger partial charge in [-0.1, -0.05) is 89.9 Å². The van der Waals surface area contributed by atoms with Crippen LogP contribution in [-0.4, -0.2) is 16.8 Å². The van der Waals surface area contributed by atoms with Crippen molar-refractivity contribution < 1.29 is 9.59 Å². The third-order valence-electron chi connectivity index (χ3n) is 4.90. The number of imide groups is 1. The van der Waals surface area contributed by atoms with Gasteiger partial charge in [-0.15, -0.1) is 0 Å². The Balaban J connectivity index is 1.82. The van der Waals surface area contributed by atoms with Crippen LogP contribution in [0.25, 0.3) is 0 Å². The van der Waals surface area contributed by atoms with E-state index in [9.17, 15) is 9.59 Å². The molecule has 1 saturated heterocycles.